The van der Waals surface area contributed by atoms with E-state index in [1.54, 1.807) is 7.11 Å². The summed E-state index contributed by atoms with van der Waals surface area (Å²) in [4.78, 5) is 0. The van der Waals surface area contributed by atoms with Crippen molar-refractivity contribution >= 4 is 0 Å². The lowest BCUT2D eigenvalue weighted by Crippen LogP contribution is -2.47. The first-order valence-electron chi connectivity index (χ1n) is 5.74. The predicted octanol–water partition coefficient (Wildman–Crippen LogP) is -0.221. The van der Waals surface area contributed by atoms with Gasteiger partial charge < -0.3 is 24.6 Å². The molecule has 0 amide bonds. The molecule has 16 heavy (non-hydrogen) atoms. The normalized spacial score (nSPS) is 27.2. The molecule has 1 heterocycles. The van der Waals surface area contributed by atoms with Crippen molar-refractivity contribution in [3.63, 3.8) is 0 Å². The highest BCUT2D eigenvalue weighted by molar-refractivity contribution is 4.87. The number of nitrogens with one attached hydrogen (secondary N) is 1. The molecule has 1 saturated heterocycles. The van der Waals surface area contributed by atoms with E-state index >= 15 is 0 Å². The zero-order valence-corrected chi connectivity index (χ0v) is 10.2. The highest BCUT2D eigenvalue weighted by Crippen LogP contribution is 2.16. The van der Waals surface area contributed by atoms with Crippen LogP contribution in [0.1, 0.15) is 13.3 Å². The summed E-state index contributed by atoms with van der Waals surface area (Å²) in [5, 5.41) is 13.0. The summed E-state index contributed by atoms with van der Waals surface area (Å²) in [6.07, 6.45) is 0.513. The van der Waals surface area contributed by atoms with Gasteiger partial charge in [0.1, 0.15) is 0 Å². The Morgan fingerprint density at radius 3 is 2.94 bits per heavy atom. The van der Waals surface area contributed by atoms with E-state index in [1.165, 1.54) is 0 Å². The Balaban J connectivity index is 2.03. The molecule has 0 aliphatic carbocycles. The number of aliphatic hydroxyl groups excluding tert-OH is 1. The minimum atomic E-state index is -0.478. The Bertz CT molecular complexity index is 183. The first kappa shape index (κ1) is 13.9. The minimum absolute atomic E-state index is 0.00745. The van der Waals surface area contributed by atoms with Gasteiger partial charge in [-0.15, -0.1) is 0 Å². The average molecular weight is 233 g/mol. The molecule has 1 aliphatic heterocycles. The molecule has 1 rings (SSSR count). The van der Waals surface area contributed by atoms with Crippen LogP contribution in [0.2, 0.25) is 0 Å². The number of ether oxygens (including phenoxy) is 3. The van der Waals surface area contributed by atoms with Crippen molar-refractivity contribution in [1.82, 2.24) is 5.32 Å². The van der Waals surface area contributed by atoms with Crippen molar-refractivity contribution in [3.05, 3.63) is 0 Å². The molecular weight excluding hydrogens is 210 g/mol. The molecule has 96 valence electrons. The van der Waals surface area contributed by atoms with E-state index in [-0.39, 0.29) is 5.54 Å². The Labute approximate surface area is 97.1 Å². The van der Waals surface area contributed by atoms with Crippen molar-refractivity contribution in [2.45, 2.75) is 25.0 Å². The number of hydrogen-bond acceptors (Lipinski definition) is 5. The van der Waals surface area contributed by atoms with Gasteiger partial charge in [-0.2, -0.15) is 0 Å². The second-order valence-electron chi connectivity index (χ2n) is 4.47. The Hall–Kier alpha value is -0.200. The van der Waals surface area contributed by atoms with E-state index in [9.17, 15) is 5.11 Å². The van der Waals surface area contributed by atoms with E-state index in [4.69, 9.17) is 14.2 Å². The highest BCUT2D eigenvalue weighted by Gasteiger charge is 2.29. The topological polar surface area (TPSA) is 60.0 Å². The summed E-state index contributed by atoms with van der Waals surface area (Å²) in [7, 11) is 1.63. The number of methoxy groups -OCH3 is 1. The van der Waals surface area contributed by atoms with Crippen molar-refractivity contribution < 1.29 is 19.3 Å². The van der Waals surface area contributed by atoms with Crippen LogP contribution < -0.4 is 5.32 Å². The van der Waals surface area contributed by atoms with E-state index in [1.807, 2.05) is 0 Å². The van der Waals surface area contributed by atoms with Crippen molar-refractivity contribution in [2.75, 3.05) is 46.7 Å². The fourth-order valence-electron chi connectivity index (χ4n) is 1.59. The van der Waals surface area contributed by atoms with Gasteiger partial charge in [0.05, 0.1) is 32.5 Å². The van der Waals surface area contributed by atoms with E-state index < -0.39 is 6.10 Å². The third kappa shape index (κ3) is 5.23. The molecule has 1 aliphatic rings. The largest absolute Gasteiger partial charge is 0.389 e. The average Bonchev–Trinajstić information content (AvgIpc) is 2.70. The van der Waals surface area contributed by atoms with Crippen LogP contribution in [0, 0.1) is 0 Å². The maximum absolute atomic E-state index is 9.65. The molecule has 0 spiro atoms. The van der Waals surface area contributed by atoms with Gasteiger partial charge in [0.2, 0.25) is 0 Å². The molecule has 0 saturated carbocycles. The lowest BCUT2D eigenvalue weighted by molar-refractivity contribution is 0.0109. The molecule has 0 aromatic heterocycles. The number of β-amino-alcohol motifs (C(OH)–C–C–N with tert-alkyl or cyclic N) is 1. The van der Waals surface area contributed by atoms with Crippen LogP contribution in [0.5, 0.6) is 0 Å². The quantitative estimate of drug-likeness (QED) is 0.568. The standard InChI is InChI=1S/C11H23NO4/c1-11(3-4-16-9-11)12-7-10(13)8-15-6-5-14-2/h10,12-13H,3-9H2,1-2H3. The third-order valence-corrected chi connectivity index (χ3v) is 2.73. The molecule has 0 aromatic carbocycles. The molecule has 5 heteroatoms. The molecular formula is C11H23NO4. The number of rotatable bonds is 8. The van der Waals surface area contributed by atoms with E-state index in [0.29, 0.717) is 33.0 Å². The molecule has 5 nitrogen and oxygen atoms in total. The molecule has 2 N–H and O–H groups in total. The summed E-state index contributed by atoms with van der Waals surface area (Å²) in [6, 6.07) is 0. The predicted molar refractivity (Wildman–Crippen MR) is 60.5 cm³/mol. The third-order valence-electron chi connectivity index (χ3n) is 2.73. The summed E-state index contributed by atoms with van der Waals surface area (Å²) >= 11 is 0. The van der Waals surface area contributed by atoms with Crippen molar-refractivity contribution in [1.29, 1.82) is 0 Å². The van der Waals surface area contributed by atoms with Gasteiger partial charge in [0, 0.05) is 25.8 Å². The Kier molecular flexibility index (Phi) is 6.23. The SMILES string of the molecule is COCCOCC(O)CNC1(C)CCOC1. The highest BCUT2D eigenvalue weighted by atomic mass is 16.5. The molecule has 0 bridgehead atoms. The lowest BCUT2D eigenvalue weighted by atomic mass is 10.0. The van der Waals surface area contributed by atoms with Crippen LogP contribution in [-0.2, 0) is 14.2 Å². The minimum Gasteiger partial charge on any atom is -0.389 e. The van der Waals surface area contributed by atoms with Crippen molar-refractivity contribution in [3.8, 4) is 0 Å². The van der Waals surface area contributed by atoms with Gasteiger partial charge in [-0.05, 0) is 13.3 Å². The van der Waals surface area contributed by atoms with Crippen LogP contribution in [0.25, 0.3) is 0 Å². The van der Waals surface area contributed by atoms with Gasteiger partial charge >= 0.3 is 0 Å². The summed E-state index contributed by atoms with van der Waals surface area (Å²) in [6.45, 7) is 5.58. The fourth-order valence-corrected chi connectivity index (χ4v) is 1.59. The molecule has 2 unspecified atom stereocenters. The zero-order chi connectivity index (χ0) is 11.9. The van der Waals surface area contributed by atoms with Crippen molar-refractivity contribution in [2.24, 2.45) is 0 Å². The van der Waals surface area contributed by atoms with E-state index in [2.05, 4.69) is 12.2 Å². The molecule has 1 fully saturated rings. The summed E-state index contributed by atoms with van der Waals surface area (Å²) in [5.74, 6) is 0. The maximum atomic E-state index is 9.65. The second-order valence-corrected chi connectivity index (χ2v) is 4.47. The lowest BCUT2D eigenvalue weighted by Gasteiger charge is -2.25. The van der Waals surface area contributed by atoms with Crippen LogP contribution in [0.15, 0.2) is 0 Å². The Morgan fingerprint density at radius 2 is 2.31 bits per heavy atom. The van der Waals surface area contributed by atoms with Gasteiger partial charge in [0.15, 0.2) is 0 Å². The van der Waals surface area contributed by atoms with Crippen LogP contribution in [0.3, 0.4) is 0 Å². The number of aliphatic hydroxyl groups is 1. The smallest absolute Gasteiger partial charge is 0.0897 e. The molecule has 0 aromatic rings. The Morgan fingerprint density at radius 1 is 1.50 bits per heavy atom. The summed E-state index contributed by atoms with van der Waals surface area (Å²) in [5.41, 5.74) is 0.00745. The zero-order valence-electron chi connectivity index (χ0n) is 10.2. The van der Waals surface area contributed by atoms with Crippen LogP contribution >= 0.6 is 0 Å². The van der Waals surface area contributed by atoms with Crippen LogP contribution in [0.4, 0.5) is 0 Å². The first-order valence-corrected chi connectivity index (χ1v) is 5.74. The fraction of sp³-hybridized carbons (Fsp3) is 1.00. The molecule has 0 radical (unpaired) electrons. The monoisotopic (exact) mass is 233 g/mol. The maximum Gasteiger partial charge on any atom is 0.0897 e. The van der Waals surface area contributed by atoms with Gasteiger partial charge in [-0.3, -0.25) is 0 Å². The molecule has 2 atom stereocenters. The van der Waals surface area contributed by atoms with Gasteiger partial charge in [0.25, 0.3) is 0 Å². The van der Waals surface area contributed by atoms with E-state index in [0.717, 1.165) is 13.0 Å². The van der Waals surface area contributed by atoms with Gasteiger partial charge in [-0.1, -0.05) is 0 Å². The van der Waals surface area contributed by atoms with Crippen LogP contribution in [-0.4, -0.2) is 63.4 Å². The van der Waals surface area contributed by atoms with Gasteiger partial charge in [-0.25, -0.2) is 0 Å². The number of hydrogen-bond donors (Lipinski definition) is 2. The first-order chi connectivity index (χ1) is 7.66. The second kappa shape index (κ2) is 7.19. The summed E-state index contributed by atoms with van der Waals surface area (Å²) < 4.78 is 15.4.